The van der Waals surface area contributed by atoms with Gasteiger partial charge in [-0.25, -0.2) is 9.67 Å². The zero-order chi connectivity index (χ0) is 12.1. The molecular weight excluding hydrogens is 220 g/mol. The lowest BCUT2D eigenvalue weighted by Crippen LogP contribution is -2.35. The fourth-order valence-corrected chi connectivity index (χ4v) is 1.95. The average Bonchev–Trinajstić information content (AvgIpc) is 2.90. The van der Waals surface area contributed by atoms with E-state index >= 15 is 0 Å². The molecule has 94 valence electrons. The summed E-state index contributed by atoms with van der Waals surface area (Å²) in [5, 5.41) is 6.71. The van der Waals surface area contributed by atoms with E-state index in [0.29, 0.717) is 6.54 Å². The number of amides is 1. The molecule has 1 aromatic rings. The van der Waals surface area contributed by atoms with Crippen LogP contribution in [-0.4, -0.2) is 51.8 Å². The van der Waals surface area contributed by atoms with Gasteiger partial charge in [0.1, 0.15) is 12.9 Å². The van der Waals surface area contributed by atoms with Crippen molar-refractivity contribution in [1.29, 1.82) is 0 Å². The largest absolute Gasteiger partial charge is 0.367 e. The van der Waals surface area contributed by atoms with Crippen LogP contribution in [0.3, 0.4) is 0 Å². The molecule has 0 spiro atoms. The highest BCUT2D eigenvalue weighted by atomic mass is 16.2. The third-order valence-corrected chi connectivity index (χ3v) is 2.81. The first-order valence-electron chi connectivity index (χ1n) is 5.88. The molecule has 7 heteroatoms. The molecule has 2 heterocycles. The van der Waals surface area contributed by atoms with Crippen molar-refractivity contribution in [1.82, 2.24) is 25.0 Å². The molecule has 1 aromatic heterocycles. The van der Waals surface area contributed by atoms with Crippen molar-refractivity contribution in [2.75, 3.05) is 31.9 Å². The van der Waals surface area contributed by atoms with Crippen molar-refractivity contribution < 1.29 is 4.79 Å². The van der Waals surface area contributed by atoms with E-state index in [0.717, 1.165) is 19.6 Å². The molecule has 0 unspecified atom stereocenters. The van der Waals surface area contributed by atoms with Crippen LogP contribution < -0.4 is 11.1 Å². The SMILES string of the molecule is Nc1ncn(CC(=O)NCCN2CCCC2)n1. The summed E-state index contributed by atoms with van der Waals surface area (Å²) in [4.78, 5) is 17.6. The lowest BCUT2D eigenvalue weighted by atomic mass is 10.4. The normalized spacial score (nSPS) is 16.2. The van der Waals surface area contributed by atoms with Gasteiger partial charge in [-0.2, -0.15) is 0 Å². The number of anilines is 1. The molecule has 0 aliphatic carbocycles. The van der Waals surface area contributed by atoms with Crippen LogP contribution in [0.1, 0.15) is 12.8 Å². The van der Waals surface area contributed by atoms with E-state index in [1.54, 1.807) is 0 Å². The maximum atomic E-state index is 11.5. The van der Waals surface area contributed by atoms with E-state index in [9.17, 15) is 4.79 Å². The van der Waals surface area contributed by atoms with E-state index in [4.69, 9.17) is 5.73 Å². The van der Waals surface area contributed by atoms with Crippen molar-refractivity contribution in [3.63, 3.8) is 0 Å². The molecule has 1 fully saturated rings. The van der Waals surface area contributed by atoms with E-state index in [-0.39, 0.29) is 18.4 Å². The summed E-state index contributed by atoms with van der Waals surface area (Å²) >= 11 is 0. The zero-order valence-electron chi connectivity index (χ0n) is 9.80. The van der Waals surface area contributed by atoms with Crippen molar-refractivity contribution in [2.24, 2.45) is 0 Å². The smallest absolute Gasteiger partial charge is 0.241 e. The number of likely N-dealkylation sites (tertiary alicyclic amines) is 1. The van der Waals surface area contributed by atoms with Gasteiger partial charge in [-0.1, -0.05) is 0 Å². The van der Waals surface area contributed by atoms with Gasteiger partial charge in [0.2, 0.25) is 11.9 Å². The van der Waals surface area contributed by atoms with E-state index in [1.807, 2.05) is 0 Å². The monoisotopic (exact) mass is 238 g/mol. The number of nitrogens with two attached hydrogens (primary N) is 1. The molecule has 1 aliphatic rings. The molecule has 0 aromatic carbocycles. The summed E-state index contributed by atoms with van der Waals surface area (Å²) in [6, 6.07) is 0. The fraction of sp³-hybridized carbons (Fsp3) is 0.700. The van der Waals surface area contributed by atoms with Crippen LogP contribution in [-0.2, 0) is 11.3 Å². The second-order valence-corrected chi connectivity index (χ2v) is 4.20. The highest BCUT2D eigenvalue weighted by Crippen LogP contribution is 2.05. The Hall–Kier alpha value is -1.63. The van der Waals surface area contributed by atoms with Gasteiger partial charge < -0.3 is 16.0 Å². The van der Waals surface area contributed by atoms with Crippen molar-refractivity contribution in [3.05, 3.63) is 6.33 Å². The van der Waals surface area contributed by atoms with Crippen LogP contribution >= 0.6 is 0 Å². The number of carbonyl (C=O) groups is 1. The number of hydrogen-bond donors (Lipinski definition) is 2. The third kappa shape index (κ3) is 3.70. The Morgan fingerprint density at radius 1 is 1.47 bits per heavy atom. The minimum atomic E-state index is -0.0610. The first-order valence-corrected chi connectivity index (χ1v) is 5.88. The Kier molecular flexibility index (Phi) is 3.92. The predicted molar refractivity (Wildman–Crippen MR) is 63.1 cm³/mol. The molecule has 1 saturated heterocycles. The van der Waals surface area contributed by atoms with Crippen molar-refractivity contribution in [3.8, 4) is 0 Å². The fourth-order valence-electron chi connectivity index (χ4n) is 1.95. The van der Waals surface area contributed by atoms with Crippen molar-refractivity contribution >= 4 is 11.9 Å². The van der Waals surface area contributed by atoms with Gasteiger partial charge in [0, 0.05) is 13.1 Å². The molecule has 17 heavy (non-hydrogen) atoms. The Labute approximate surface area is 100.0 Å². The number of carbonyl (C=O) groups excluding carboxylic acids is 1. The number of nitrogens with zero attached hydrogens (tertiary/aromatic N) is 4. The number of rotatable bonds is 5. The second-order valence-electron chi connectivity index (χ2n) is 4.20. The van der Waals surface area contributed by atoms with Gasteiger partial charge in [-0.15, -0.1) is 5.10 Å². The van der Waals surface area contributed by atoms with Gasteiger partial charge >= 0.3 is 0 Å². The molecule has 3 N–H and O–H groups in total. The maximum Gasteiger partial charge on any atom is 0.241 e. The van der Waals surface area contributed by atoms with Gasteiger partial charge in [-0.05, 0) is 25.9 Å². The van der Waals surface area contributed by atoms with Crippen LogP contribution in [0.4, 0.5) is 5.95 Å². The summed E-state index contributed by atoms with van der Waals surface area (Å²) in [6.07, 6.45) is 3.99. The summed E-state index contributed by atoms with van der Waals surface area (Å²) < 4.78 is 1.43. The Morgan fingerprint density at radius 3 is 2.88 bits per heavy atom. The van der Waals surface area contributed by atoms with Crippen LogP contribution in [0.5, 0.6) is 0 Å². The van der Waals surface area contributed by atoms with Gasteiger partial charge in [0.25, 0.3) is 0 Å². The zero-order valence-corrected chi connectivity index (χ0v) is 9.80. The predicted octanol–water partition coefficient (Wildman–Crippen LogP) is -0.928. The van der Waals surface area contributed by atoms with Crippen LogP contribution in [0.25, 0.3) is 0 Å². The third-order valence-electron chi connectivity index (χ3n) is 2.81. The summed E-state index contributed by atoms with van der Waals surface area (Å²) in [6.45, 7) is 4.07. The summed E-state index contributed by atoms with van der Waals surface area (Å²) in [5.74, 6) is 0.129. The molecule has 0 saturated carbocycles. The minimum Gasteiger partial charge on any atom is -0.367 e. The first kappa shape index (κ1) is 11.8. The lowest BCUT2D eigenvalue weighted by molar-refractivity contribution is -0.121. The highest BCUT2D eigenvalue weighted by Gasteiger charge is 2.11. The highest BCUT2D eigenvalue weighted by molar-refractivity contribution is 5.75. The Morgan fingerprint density at radius 2 is 2.24 bits per heavy atom. The molecule has 0 bridgehead atoms. The topological polar surface area (TPSA) is 89.1 Å². The molecule has 1 amide bonds. The summed E-state index contributed by atoms with van der Waals surface area (Å²) in [5.41, 5.74) is 5.36. The van der Waals surface area contributed by atoms with E-state index in [1.165, 1.54) is 23.9 Å². The lowest BCUT2D eigenvalue weighted by Gasteiger charge is -2.14. The molecule has 0 radical (unpaired) electrons. The minimum absolute atomic E-state index is 0.0610. The van der Waals surface area contributed by atoms with Crippen LogP contribution in [0.2, 0.25) is 0 Å². The maximum absolute atomic E-state index is 11.5. The number of aromatic nitrogens is 3. The number of nitrogens with one attached hydrogen (secondary N) is 1. The van der Waals surface area contributed by atoms with Crippen molar-refractivity contribution in [2.45, 2.75) is 19.4 Å². The Bertz CT molecular complexity index is 371. The first-order chi connectivity index (χ1) is 8.24. The second kappa shape index (κ2) is 5.62. The molecule has 7 nitrogen and oxygen atoms in total. The van der Waals surface area contributed by atoms with Gasteiger partial charge in [0.15, 0.2) is 0 Å². The van der Waals surface area contributed by atoms with Crippen LogP contribution in [0, 0.1) is 0 Å². The number of nitrogen functional groups attached to an aromatic ring is 1. The molecule has 1 aliphatic heterocycles. The average molecular weight is 238 g/mol. The van der Waals surface area contributed by atoms with Crippen LogP contribution in [0.15, 0.2) is 6.33 Å². The molecule has 2 rings (SSSR count). The molecular formula is C10H18N6O. The van der Waals surface area contributed by atoms with E-state index < -0.39 is 0 Å². The molecule has 0 atom stereocenters. The van der Waals surface area contributed by atoms with E-state index in [2.05, 4.69) is 20.3 Å². The Balaban J connectivity index is 1.63. The quantitative estimate of drug-likeness (QED) is 0.692. The summed E-state index contributed by atoms with van der Waals surface area (Å²) in [7, 11) is 0. The van der Waals surface area contributed by atoms with Gasteiger partial charge in [0.05, 0.1) is 0 Å². The standard InChI is InChI=1S/C10H18N6O/c11-10-13-8-16(14-10)7-9(17)12-3-6-15-4-1-2-5-15/h8H,1-7H2,(H2,11,14)(H,12,17). The van der Waals surface area contributed by atoms with Gasteiger partial charge in [-0.3, -0.25) is 4.79 Å². The number of hydrogen-bond acceptors (Lipinski definition) is 5.